The molecule has 0 radical (unpaired) electrons. The average Bonchev–Trinajstić information content (AvgIpc) is 2.48. The number of benzene rings is 2. The van der Waals surface area contributed by atoms with Crippen molar-refractivity contribution < 1.29 is 9.59 Å². The van der Waals surface area contributed by atoms with E-state index < -0.39 is 6.04 Å². The summed E-state index contributed by atoms with van der Waals surface area (Å²) in [7, 11) is 0. The van der Waals surface area contributed by atoms with Gasteiger partial charge in [-0.1, -0.05) is 29.8 Å². The van der Waals surface area contributed by atoms with E-state index in [1.807, 2.05) is 18.2 Å². The molecule has 0 heterocycles. The van der Waals surface area contributed by atoms with E-state index in [1.54, 1.807) is 43.3 Å². The average molecular weight is 303 g/mol. The third-order valence-corrected chi connectivity index (χ3v) is 3.14. The van der Waals surface area contributed by atoms with Gasteiger partial charge >= 0.3 is 0 Å². The molecular weight excluding hydrogens is 288 g/mol. The zero-order valence-electron chi connectivity index (χ0n) is 11.5. The number of hydrogen-bond donors (Lipinski definition) is 2. The van der Waals surface area contributed by atoms with E-state index in [2.05, 4.69) is 10.6 Å². The monoisotopic (exact) mass is 302 g/mol. The van der Waals surface area contributed by atoms with Crippen molar-refractivity contribution in [3.8, 4) is 0 Å². The Morgan fingerprint density at radius 1 is 1.00 bits per heavy atom. The van der Waals surface area contributed by atoms with Gasteiger partial charge in [-0.3, -0.25) is 9.59 Å². The molecular formula is C16H15ClN2O2. The number of hydrogen-bond acceptors (Lipinski definition) is 2. The van der Waals surface area contributed by atoms with Crippen molar-refractivity contribution in [2.24, 2.45) is 0 Å². The highest BCUT2D eigenvalue weighted by molar-refractivity contribution is 6.30. The summed E-state index contributed by atoms with van der Waals surface area (Å²) in [5, 5.41) is 5.93. The first-order valence-corrected chi connectivity index (χ1v) is 6.86. The van der Waals surface area contributed by atoms with Crippen LogP contribution >= 0.6 is 11.6 Å². The van der Waals surface area contributed by atoms with Crippen molar-refractivity contribution in [3.05, 3.63) is 65.2 Å². The predicted molar refractivity (Wildman–Crippen MR) is 83.5 cm³/mol. The predicted octanol–water partition coefficient (Wildman–Crippen LogP) is 3.10. The Morgan fingerprint density at radius 2 is 1.62 bits per heavy atom. The molecule has 2 aromatic carbocycles. The molecule has 4 nitrogen and oxygen atoms in total. The van der Waals surface area contributed by atoms with Crippen molar-refractivity contribution in [2.45, 2.75) is 13.0 Å². The van der Waals surface area contributed by atoms with Crippen LogP contribution in [0.4, 0.5) is 5.69 Å². The minimum Gasteiger partial charge on any atom is -0.341 e. The Hall–Kier alpha value is -2.33. The number of carbonyl (C=O) groups excluding carboxylic acids is 2. The van der Waals surface area contributed by atoms with Gasteiger partial charge in [0.15, 0.2) is 0 Å². The summed E-state index contributed by atoms with van der Waals surface area (Å²) in [6, 6.07) is 14.9. The van der Waals surface area contributed by atoms with Gasteiger partial charge in [-0.05, 0) is 43.3 Å². The fourth-order valence-corrected chi connectivity index (χ4v) is 1.84. The molecule has 0 aliphatic rings. The summed E-state index contributed by atoms with van der Waals surface area (Å²) in [4.78, 5) is 24.0. The van der Waals surface area contributed by atoms with Crippen molar-refractivity contribution in [1.82, 2.24) is 5.32 Å². The molecule has 108 valence electrons. The van der Waals surface area contributed by atoms with Crippen LogP contribution in [0.15, 0.2) is 54.6 Å². The van der Waals surface area contributed by atoms with Crippen LogP contribution in [0.25, 0.3) is 0 Å². The van der Waals surface area contributed by atoms with Crippen LogP contribution in [-0.4, -0.2) is 17.9 Å². The maximum atomic E-state index is 12.0. The fourth-order valence-electron chi connectivity index (χ4n) is 1.72. The molecule has 1 unspecified atom stereocenters. The number of nitrogens with one attached hydrogen (secondary N) is 2. The standard InChI is InChI=1S/C16H15ClN2O2/c1-11(15(20)19-14-5-3-2-4-6-14)18-16(21)12-7-9-13(17)10-8-12/h2-11H,1H3,(H,18,21)(H,19,20). The minimum atomic E-state index is -0.645. The van der Waals surface area contributed by atoms with E-state index >= 15 is 0 Å². The summed E-state index contributed by atoms with van der Waals surface area (Å²) < 4.78 is 0. The van der Waals surface area contributed by atoms with Gasteiger partial charge in [-0.15, -0.1) is 0 Å². The first-order valence-electron chi connectivity index (χ1n) is 6.48. The Kier molecular flexibility index (Phi) is 4.95. The smallest absolute Gasteiger partial charge is 0.251 e. The van der Waals surface area contributed by atoms with Gasteiger partial charge in [0.2, 0.25) is 5.91 Å². The van der Waals surface area contributed by atoms with Crippen LogP contribution in [0.2, 0.25) is 5.02 Å². The maximum Gasteiger partial charge on any atom is 0.251 e. The van der Waals surface area contributed by atoms with Gasteiger partial charge < -0.3 is 10.6 Å². The molecule has 0 fully saturated rings. The number of anilines is 1. The van der Waals surface area contributed by atoms with Crippen molar-refractivity contribution in [1.29, 1.82) is 0 Å². The van der Waals surface area contributed by atoms with E-state index in [1.165, 1.54) is 0 Å². The van der Waals surface area contributed by atoms with E-state index in [-0.39, 0.29) is 11.8 Å². The lowest BCUT2D eigenvalue weighted by Gasteiger charge is -2.14. The van der Waals surface area contributed by atoms with Crippen molar-refractivity contribution >= 4 is 29.1 Å². The lowest BCUT2D eigenvalue weighted by molar-refractivity contribution is -0.117. The Balaban J connectivity index is 1.94. The third kappa shape index (κ3) is 4.33. The Labute approximate surface area is 128 Å². The summed E-state index contributed by atoms with van der Waals surface area (Å²) in [6.45, 7) is 1.63. The van der Waals surface area contributed by atoms with Gasteiger partial charge in [0.25, 0.3) is 5.91 Å². The molecule has 5 heteroatoms. The van der Waals surface area contributed by atoms with Crippen molar-refractivity contribution in [2.75, 3.05) is 5.32 Å². The zero-order valence-corrected chi connectivity index (χ0v) is 12.2. The van der Waals surface area contributed by atoms with Gasteiger partial charge in [0.1, 0.15) is 6.04 Å². The molecule has 0 aliphatic carbocycles. The van der Waals surface area contributed by atoms with Crippen LogP contribution in [0.1, 0.15) is 17.3 Å². The second kappa shape index (κ2) is 6.90. The topological polar surface area (TPSA) is 58.2 Å². The highest BCUT2D eigenvalue weighted by atomic mass is 35.5. The normalized spacial score (nSPS) is 11.5. The summed E-state index contributed by atoms with van der Waals surface area (Å²) in [5.74, 6) is -0.592. The number of para-hydroxylation sites is 1. The molecule has 2 rings (SSSR count). The lowest BCUT2D eigenvalue weighted by atomic mass is 10.2. The van der Waals surface area contributed by atoms with Crippen LogP contribution in [0.3, 0.4) is 0 Å². The number of carbonyl (C=O) groups is 2. The Morgan fingerprint density at radius 3 is 2.24 bits per heavy atom. The number of amides is 2. The SMILES string of the molecule is CC(NC(=O)c1ccc(Cl)cc1)C(=O)Nc1ccccc1. The molecule has 0 aromatic heterocycles. The number of rotatable bonds is 4. The minimum absolute atomic E-state index is 0.275. The van der Waals surface area contributed by atoms with Gasteiger partial charge in [-0.25, -0.2) is 0 Å². The molecule has 0 bridgehead atoms. The highest BCUT2D eigenvalue weighted by Gasteiger charge is 2.16. The lowest BCUT2D eigenvalue weighted by Crippen LogP contribution is -2.41. The van der Waals surface area contributed by atoms with Crippen LogP contribution in [0.5, 0.6) is 0 Å². The maximum absolute atomic E-state index is 12.0. The molecule has 0 saturated carbocycles. The van der Waals surface area contributed by atoms with Crippen LogP contribution in [0, 0.1) is 0 Å². The first kappa shape index (κ1) is 15.1. The molecule has 1 atom stereocenters. The molecule has 21 heavy (non-hydrogen) atoms. The molecule has 2 aromatic rings. The largest absolute Gasteiger partial charge is 0.341 e. The van der Waals surface area contributed by atoms with Crippen molar-refractivity contribution in [3.63, 3.8) is 0 Å². The first-order chi connectivity index (χ1) is 10.1. The Bertz CT molecular complexity index is 626. The molecule has 0 aliphatic heterocycles. The second-order valence-electron chi connectivity index (χ2n) is 4.56. The second-order valence-corrected chi connectivity index (χ2v) is 4.99. The quantitative estimate of drug-likeness (QED) is 0.912. The van der Waals surface area contributed by atoms with Gasteiger partial charge in [-0.2, -0.15) is 0 Å². The van der Waals surface area contributed by atoms with E-state index in [4.69, 9.17) is 11.6 Å². The summed E-state index contributed by atoms with van der Waals surface area (Å²) >= 11 is 5.77. The molecule has 2 amide bonds. The summed E-state index contributed by atoms with van der Waals surface area (Å²) in [6.07, 6.45) is 0. The third-order valence-electron chi connectivity index (χ3n) is 2.89. The molecule has 0 spiro atoms. The molecule has 0 saturated heterocycles. The van der Waals surface area contributed by atoms with Gasteiger partial charge in [0.05, 0.1) is 0 Å². The summed E-state index contributed by atoms with van der Waals surface area (Å²) in [5.41, 5.74) is 1.15. The number of halogens is 1. The fraction of sp³-hybridized carbons (Fsp3) is 0.125. The van der Waals surface area contributed by atoms with Gasteiger partial charge in [0, 0.05) is 16.3 Å². The van der Waals surface area contributed by atoms with E-state index in [9.17, 15) is 9.59 Å². The highest BCUT2D eigenvalue weighted by Crippen LogP contribution is 2.10. The van der Waals surface area contributed by atoms with Crippen LogP contribution in [-0.2, 0) is 4.79 Å². The van der Waals surface area contributed by atoms with E-state index in [0.717, 1.165) is 0 Å². The molecule has 2 N–H and O–H groups in total. The van der Waals surface area contributed by atoms with Crippen LogP contribution < -0.4 is 10.6 Å². The van der Waals surface area contributed by atoms with E-state index in [0.29, 0.717) is 16.3 Å². The zero-order chi connectivity index (χ0) is 15.2.